The summed E-state index contributed by atoms with van der Waals surface area (Å²) in [5.74, 6) is 2.39. The van der Waals surface area contributed by atoms with Crippen LogP contribution >= 0.6 is 11.8 Å². The largest absolute Gasteiger partial charge is 1.00 e. The maximum absolute atomic E-state index is 3.75. The molecule has 0 aromatic rings. The lowest BCUT2D eigenvalue weighted by molar-refractivity contribution is -0.486. The molecule has 0 aromatic carbocycles. The van der Waals surface area contributed by atoms with Gasteiger partial charge in [-0.3, -0.25) is 0 Å². The Balaban J connectivity index is 0.000000360. The Morgan fingerprint density at radius 1 is 1.57 bits per heavy atom. The maximum Gasteiger partial charge on any atom is 0.188 e. The van der Waals surface area contributed by atoms with Gasteiger partial charge >= 0.3 is 0 Å². The smallest absolute Gasteiger partial charge is 0.188 e. The molecule has 0 amide bonds. The Morgan fingerprint density at radius 3 is 2.43 bits per heavy atom. The standard InChI is InChI=1S/C4H8NS.ClH/c1-5-2-3-6-4-5;/h1-4H2;1H/q+1;/p-1. The summed E-state index contributed by atoms with van der Waals surface area (Å²) in [6.07, 6.45) is 0. The van der Waals surface area contributed by atoms with Crippen molar-refractivity contribution in [2.45, 2.75) is 0 Å². The van der Waals surface area contributed by atoms with Crippen LogP contribution < -0.4 is 12.4 Å². The van der Waals surface area contributed by atoms with Gasteiger partial charge in [-0.1, -0.05) is 11.8 Å². The summed E-state index contributed by atoms with van der Waals surface area (Å²) < 4.78 is 2.07. The molecule has 1 fully saturated rings. The maximum atomic E-state index is 3.75. The van der Waals surface area contributed by atoms with Crippen molar-refractivity contribution < 1.29 is 17.0 Å². The number of hydrogen-bond donors (Lipinski definition) is 0. The summed E-state index contributed by atoms with van der Waals surface area (Å²) >= 11 is 1.95. The van der Waals surface area contributed by atoms with E-state index in [2.05, 4.69) is 11.3 Å². The van der Waals surface area contributed by atoms with Crippen LogP contribution in [0.1, 0.15) is 0 Å². The van der Waals surface area contributed by atoms with Crippen molar-refractivity contribution in [1.29, 1.82) is 0 Å². The molecule has 0 radical (unpaired) electrons. The first kappa shape index (κ1) is 7.31. The molecular formula is C4H8ClNS. The van der Waals surface area contributed by atoms with Gasteiger partial charge in [0.05, 0.1) is 5.75 Å². The van der Waals surface area contributed by atoms with Crippen LogP contribution in [0.2, 0.25) is 0 Å². The molecule has 1 saturated heterocycles. The van der Waals surface area contributed by atoms with Crippen molar-refractivity contribution >= 4 is 18.5 Å². The molecule has 1 aliphatic heterocycles. The predicted octanol–water partition coefficient (Wildman–Crippen LogP) is -2.59. The second-order valence-electron chi connectivity index (χ2n) is 1.43. The molecule has 42 valence electrons. The van der Waals surface area contributed by atoms with Crippen molar-refractivity contribution in [2.75, 3.05) is 18.2 Å². The average molecular weight is 138 g/mol. The minimum atomic E-state index is 0. The van der Waals surface area contributed by atoms with Gasteiger partial charge in [0, 0.05) is 0 Å². The van der Waals surface area contributed by atoms with Crippen molar-refractivity contribution in [3.63, 3.8) is 0 Å². The first-order valence-electron chi connectivity index (χ1n) is 2.03. The number of hydrogen-bond acceptors (Lipinski definition) is 1. The Hall–Kier alpha value is 0.310. The number of thioether (sulfide) groups is 1. The van der Waals surface area contributed by atoms with Crippen molar-refractivity contribution in [3.05, 3.63) is 0 Å². The van der Waals surface area contributed by atoms with Gasteiger partial charge in [-0.15, -0.1) is 0 Å². The molecule has 0 saturated carbocycles. The molecule has 0 N–H and O–H groups in total. The first-order chi connectivity index (χ1) is 2.89. The minimum absolute atomic E-state index is 0. The molecular weight excluding hydrogens is 130 g/mol. The second-order valence-corrected chi connectivity index (χ2v) is 2.51. The van der Waals surface area contributed by atoms with E-state index < -0.39 is 0 Å². The van der Waals surface area contributed by atoms with Gasteiger partial charge in [0.15, 0.2) is 12.4 Å². The van der Waals surface area contributed by atoms with E-state index in [0.717, 1.165) is 5.88 Å². The van der Waals surface area contributed by atoms with Gasteiger partial charge in [0.2, 0.25) is 0 Å². The van der Waals surface area contributed by atoms with E-state index in [1.54, 1.807) is 0 Å². The molecule has 1 heterocycles. The van der Waals surface area contributed by atoms with Crippen LogP contribution in [0.15, 0.2) is 0 Å². The fraction of sp³-hybridized carbons (Fsp3) is 0.750. The molecule has 3 heteroatoms. The molecule has 0 spiro atoms. The summed E-state index contributed by atoms with van der Waals surface area (Å²) in [7, 11) is 0. The average Bonchev–Trinajstić information content (AvgIpc) is 1.86. The zero-order valence-corrected chi connectivity index (χ0v) is 5.63. The molecule has 0 atom stereocenters. The van der Waals surface area contributed by atoms with Crippen LogP contribution in [0, 0.1) is 0 Å². The molecule has 1 aliphatic rings. The third-order valence-electron chi connectivity index (χ3n) is 0.826. The topological polar surface area (TPSA) is 3.01 Å². The second kappa shape index (κ2) is 3.33. The van der Waals surface area contributed by atoms with Gasteiger partial charge in [-0.05, 0) is 0 Å². The highest BCUT2D eigenvalue weighted by atomic mass is 35.5. The normalized spacial score (nSPS) is 19.1. The van der Waals surface area contributed by atoms with Crippen LogP contribution in [-0.2, 0) is 0 Å². The van der Waals surface area contributed by atoms with Crippen LogP contribution in [0.4, 0.5) is 0 Å². The van der Waals surface area contributed by atoms with E-state index in [0.29, 0.717) is 0 Å². The van der Waals surface area contributed by atoms with E-state index >= 15 is 0 Å². The van der Waals surface area contributed by atoms with Crippen LogP contribution in [-0.4, -0.2) is 29.5 Å². The summed E-state index contributed by atoms with van der Waals surface area (Å²) in [5, 5.41) is 0. The van der Waals surface area contributed by atoms with Gasteiger partial charge in [-0.25, -0.2) is 4.58 Å². The number of rotatable bonds is 0. The SMILES string of the molecule is C=[N+]1CCSC1.[Cl-]. The molecule has 0 aliphatic carbocycles. The quantitative estimate of drug-likeness (QED) is 0.331. The monoisotopic (exact) mass is 137 g/mol. The lowest BCUT2D eigenvalue weighted by Gasteiger charge is -1.77. The van der Waals surface area contributed by atoms with E-state index in [4.69, 9.17) is 0 Å². The Bertz CT molecular complexity index is 66.1. The first-order valence-corrected chi connectivity index (χ1v) is 3.18. The van der Waals surface area contributed by atoms with Crippen molar-refractivity contribution in [2.24, 2.45) is 0 Å². The number of halogens is 1. The highest BCUT2D eigenvalue weighted by Crippen LogP contribution is 2.05. The van der Waals surface area contributed by atoms with Crippen LogP contribution in [0.25, 0.3) is 0 Å². The minimum Gasteiger partial charge on any atom is -1.00 e. The fourth-order valence-electron chi connectivity index (χ4n) is 0.452. The molecule has 1 nitrogen and oxygen atoms in total. The van der Waals surface area contributed by atoms with Crippen molar-refractivity contribution in [3.8, 4) is 0 Å². The van der Waals surface area contributed by atoms with Gasteiger partial charge in [-0.2, -0.15) is 0 Å². The van der Waals surface area contributed by atoms with Gasteiger partial charge < -0.3 is 12.4 Å². The molecule has 0 unspecified atom stereocenters. The third kappa shape index (κ3) is 2.19. The van der Waals surface area contributed by atoms with E-state index in [1.165, 1.54) is 12.3 Å². The molecule has 7 heavy (non-hydrogen) atoms. The zero-order valence-electron chi connectivity index (χ0n) is 4.06. The Kier molecular flexibility index (Phi) is 3.48. The van der Waals surface area contributed by atoms with Crippen LogP contribution in [0.5, 0.6) is 0 Å². The summed E-state index contributed by atoms with van der Waals surface area (Å²) in [5.41, 5.74) is 0. The van der Waals surface area contributed by atoms with E-state index in [1.807, 2.05) is 11.8 Å². The highest BCUT2D eigenvalue weighted by Gasteiger charge is 2.07. The molecule has 1 rings (SSSR count). The summed E-state index contributed by atoms with van der Waals surface area (Å²) in [6, 6.07) is 0. The molecule has 0 aromatic heterocycles. The van der Waals surface area contributed by atoms with Crippen molar-refractivity contribution in [1.82, 2.24) is 0 Å². The Morgan fingerprint density at radius 2 is 2.29 bits per heavy atom. The van der Waals surface area contributed by atoms with E-state index in [9.17, 15) is 0 Å². The third-order valence-corrected chi connectivity index (χ3v) is 1.84. The summed E-state index contributed by atoms with van der Waals surface area (Å²) in [6.45, 7) is 4.92. The predicted molar refractivity (Wildman–Crippen MR) is 29.6 cm³/mol. The molecule has 0 bridgehead atoms. The highest BCUT2D eigenvalue weighted by molar-refractivity contribution is 7.99. The fourth-order valence-corrected chi connectivity index (χ4v) is 1.36. The summed E-state index contributed by atoms with van der Waals surface area (Å²) in [4.78, 5) is 0. The van der Waals surface area contributed by atoms with E-state index in [-0.39, 0.29) is 12.4 Å². The van der Waals surface area contributed by atoms with Gasteiger partial charge in [0.25, 0.3) is 0 Å². The van der Waals surface area contributed by atoms with Gasteiger partial charge in [0.1, 0.15) is 6.72 Å². The Labute approximate surface area is 54.2 Å². The number of nitrogens with zero attached hydrogens (tertiary/aromatic N) is 1. The zero-order chi connectivity index (χ0) is 4.41. The lowest BCUT2D eigenvalue weighted by Crippen LogP contribution is -3.00. The van der Waals surface area contributed by atoms with Crippen LogP contribution in [0.3, 0.4) is 0 Å². The lowest BCUT2D eigenvalue weighted by atomic mass is 10.7.